The van der Waals surface area contributed by atoms with Crippen LogP contribution >= 0.6 is 35.0 Å². The van der Waals surface area contributed by atoms with Crippen LogP contribution in [-0.2, 0) is 0 Å². The Morgan fingerprint density at radius 3 is 2.00 bits per heavy atom. The number of rotatable bonds is 4. The van der Waals surface area contributed by atoms with Crippen LogP contribution in [0, 0.1) is 0 Å². The smallest absolute Gasteiger partial charge is 0.0553 e. The maximum atomic E-state index is 6.16. The van der Waals surface area contributed by atoms with Crippen molar-refractivity contribution in [3.8, 4) is 0 Å². The van der Waals surface area contributed by atoms with Crippen LogP contribution < -0.4 is 4.90 Å². The molecule has 0 fully saturated rings. The standard InChI is InChI=1S/C17H18Cl2N2S/c1-20(2)8-3-9-21-14-6-4-12(18)10-16(14)22-17-11-13(19)5-7-15(17)21/h4-7,10-11H,3,8-9H2,1-2H3. The third-order valence-electron chi connectivity index (χ3n) is 3.63. The molecule has 0 unspecified atom stereocenters. The Morgan fingerprint density at radius 1 is 0.955 bits per heavy atom. The van der Waals surface area contributed by atoms with Gasteiger partial charge in [-0.05, 0) is 63.5 Å². The highest BCUT2D eigenvalue weighted by Crippen LogP contribution is 2.49. The van der Waals surface area contributed by atoms with Gasteiger partial charge in [0, 0.05) is 26.4 Å². The van der Waals surface area contributed by atoms with Crippen molar-refractivity contribution >= 4 is 46.3 Å². The zero-order valence-electron chi connectivity index (χ0n) is 12.6. The van der Waals surface area contributed by atoms with E-state index in [1.54, 1.807) is 11.8 Å². The molecule has 22 heavy (non-hydrogen) atoms. The van der Waals surface area contributed by atoms with Gasteiger partial charge in [0.25, 0.3) is 0 Å². The Kier molecular flexibility index (Phi) is 4.88. The number of hydrogen-bond acceptors (Lipinski definition) is 3. The van der Waals surface area contributed by atoms with Gasteiger partial charge in [0.15, 0.2) is 0 Å². The van der Waals surface area contributed by atoms with Gasteiger partial charge in [-0.15, -0.1) is 0 Å². The Labute approximate surface area is 146 Å². The number of benzene rings is 2. The maximum absolute atomic E-state index is 6.16. The van der Waals surface area contributed by atoms with Crippen molar-refractivity contribution in [3.63, 3.8) is 0 Å². The second-order valence-electron chi connectivity index (χ2n) is 5.63. The maximum Gasteiger partial charge on any atom is 0.0553 e. The van der Waals surface area contributed by atoms with Crippen molar-refractivity contribution in [3.05, 3.63) is 46.4 Å². The summed E-state index contributed by atoms with van der Waals surface area (Å²) < 4.78 is 0. The van der Waals surface area contributed by atoms with Crippen LogP contribution in [0.3, 0.4) is 0 Å². The minimum Gasteiger partial charge on any atom is -0.340 e. The van der Waals surface area contributed by atoms with Crippen molar-refractivity contribution < 1.29 is 0 Å². The lowest BCUT2D eigenvalue weighted by atomic mass is 10.2. The van der Waals surface area contributed by atoms with Gasteiger partial charge in [0.1, 0.15) is 0 Å². The minimum absolute atomic E-state index is 0.768. The summed E-state index contributed by atoms with van der Waals surface area (Å²) in [6, 6.07) is 12.2. The molecular formula is C17H18Cl2N2S. The average molecular weight is 353 g/mol. The van der Waals surface area contributed by atoms with E-state index in [1.165, 1.54) is 21.2 Å². The Hall–Kier alpha value is -0.870. The van der Waals surface area contributed by atoms with Crippen LogP contribution in [0.4, 0.5) is 11.4 Å². The van der Waals surface area contributed by atoms with E-state index in [9.17, 15) is 0 Å². The second-order valence-corrected chi connectivity index (χ2v) is 7.59. The topological polar surface area (TPSA) is 6.48 Å². The number of hydrogen-bond donors (Lipinski definition) is 0. The van der Waals surface area contributed by atoms with Crippen molar-refractivity contribution in [2.75, 3.05) is 32.1 Å². The van der Waals surface area contributed by atoms with E-state index in [0.717, 1.165) is 29.6 Å². The molecule has 2 aromatic carbocycles. The molecule has 0 radical (unpaired) electrons. The summed E-state index contributed by atoms with van der Waals surface area (Å²) in [5.74, 6) is 0. The molecule has 0 saturated heterocycles. The first-order valence-corrected chi connectivity index (χ1v) is 8.81. The lowest BCUT2D eigenvalue weighted by Crippen LogP contribution is -2.25. The van der Waals surface area contributed by atoms with Gasteiger partial charge in [-0.2, -0.15) is 0 Å². The van der Waals surface area contributed by atoms with Crippen molar-refractivity contribution in [2.24, 2.45) is 0 Å². The van der Waals surface area contributed by atoms with Crippen LogP contribution in [0.25, 0.3) is 0 Å². The molecule has 0 amide bonds. The van der Waals surface area contributed by atoms with E-state index in [4.69, 9.17) is 23.2 Å². The second kappa shape index (κ2) is 6.71. The van der Waals surface area contributed by atoms with E-state index in [-0.39, 0.29) is 0 Å². The number of anilines is 2. The molecule has 116 valence electrons. The number of nitrogens with zero attached hydrogens (tertiary/aromatic N) is 2. The molecule has 2 aromatic rings. The zero-order chi connectivity index (χ0) is 15.7. The van der Waals surface area contributed by atoms with Crippen LogP contribution in [0.2, 0.25) is 10.0 Å². The molecule has 0 spiro atoms. The molecule has 3 rings (SSSR count). The normalized spacial score (nSPS) is 13.2. The highest BCUT2D eigenvalue weighted by atomic mass is 35.5. The Balaban J connectivity index is 1.96. The summed E-state index contributed by atoms with van der Waals surface area (Å²) >= 11 is 14.1. The third-order valence-corrected chi connectivity index (χ3v) is 5.20. The summed E-state index contributed by atoms with van der Waals surface area (Å²) in [6.45, 7) is 2.04. The van der Waals surface area contributed by atoms with Crippen molar-refractivity contribution in [1.29, 1.82) is 0 Å². The first-order valence-electron chi connectivity index (χ1n) is 7.24. The van der Waals surface area contributed by atoms with Gasteiger partial charge in [-0.1, -0.05) is 35.0 Å². The molecule has 0 bridgehead atoms. The molecule has 2 nitrogen and oxygen atoms in total. The van der Waals surface area contributed by atoms with Gasteiger partial charge in [0.2, 0.25) is 0 Å². The van der Waals surface area contributed by atoms with Crippen LogP contribution in [0.5, 0.6) is 0 Å². The molecule has 1 heterocycles. The molecule has 1 aliphatic heterocycles. The fraction of sp³-hybridized carbons (Fsp3) is 0.294. The molecule has 0 aromatic heterocycles. The number of fused-ring (bicyclic) bond motifs is 2. The van der Waals surface area contributed by atoms with E-state index in [1.807, 2.05) is 24.3 Å². The van der Waals surface area contributed by atoms with Crippen LogP contribution in [0.1, 0.15) is 6.42 Å². The molecular weight excluding hydrogens is 335 g/mol. The van der Waals surface area contributed by atoms with E-state index in [2.05, 4.69) is 36.0 Å². The molecule has 0 N–H and O–H groups in total. The van der Waals surface area contributed by atoms with Gasteiger partial charge in [0.05, 0.1) is 11.4 Å². The first-order chi connectivity index (χ1) is 10.5. The molecule has 0 atom stereocenters. The van der Waals surface area contributed by atoms with Gasteiger partial charge in [-0.3, -0.25) is 0 Å². The summed E-state index contributed by atoms with van der Waals surface area (Å²) in [5, 5.41) is 1.54. The predicted molar refractivity (Wildman–Crippen MR) is 97.2 cm³/mol. The SMILES string of the molecule is CN(C)CCCN1c2ccc(Cl)cc2Sc2cc(Cl)ccc21. The Bertz CT molecular complexity index is 637. The minimum atomic E-state index is 0.768. The monoisotopic (exact) mass is 352 g/mol. The fourth-order valence-electron chi connectivity index (χ4n) is 2.62. The lowest BCUT2D eigenvalue weighted by molar-refractivity contribution is 0.402. The first kappa shape index (κ1) is 16.0. The van der Waals surface area contributed by atoms with Crippen molar-refractivity contribution in [2.45, 2.75) is 16.2 Å². The van der Waals surface area contributed by atoms with Crippen LogP contribution in [-0.4, -0.2) is 32.1 Å². The molecule has 0 saturated carbocycles. The largest absolute Gasteiger partial charge is 0.340 e. The number of halogens is 2. The summed E-state index contributed by atoms with van der Waals surface area (Å²) in [4.78, 5) is 6.96. The van der Waals surface area contributed by atoms with Gasteiger partial charge in [-0.25, -0.2) is 0 Å². The third kappa shape index (κ3) is 3.38. The van der Waals surface area contributed by atoms with Gasteiger partial charge >= 0.3 is 0 Å². The fourth-order valence-corrected chi connectivity index (χ4v) is 4.27. The highest BCUT2D eigenvalue weighted by molar-refractivity contribution is 7.99. The quantitative estimate of drug-likeness (QED) is 0.712. The van der Waals surface area contributed by atoms with Crippen LogP contribution in [0.15, 0.2) is 46.2 Å². The molecule has 0 aliphatic carbocycles. The lowest BCUT2D eigenvalue weighted by Gasteiger charge is -2.33. The van der Waals surface area contributed by atoms with Gasteiger partial charge < -0.3 is 9.80 Å². The zero-order valence-corrected chi connectivity index (χ0v) is 15.0. The average Bonchev–Trinajstić information content (AvgIpc) is 2.45. The molecule has 1 aliphatic rings. The predicted octanol–water partition coefficient (Wildman–Crippen LogP) is 5.55. The van der Waals surface area contributed by atoms with E-state index in [0.29, 0.717) is 0 Å². The Morgan fingerprint density at radius 2 is 1.50 bits per heavy atom. The summed E-state index contributed by atoms with van der Waals surface area (Å²) in [6.07, 6.45) is 1.10. The summed E-state index contributed by atoms with van der Waals surface area (Å²) in [7, 11) is 4.21. The highest BCUT2D eigenvalue weighted by Gasteiger charge is 2.23. The summed E-state index contributed by atoms with van der Waals surface area (Å²) in [5.41, 5.74) is 2.45. The van der Waals surface area contributed by atoms with E-state index < -0.39 is 0 Å². The van der Waals surface area contributed by atoms with Crippen molar-refractivity contribution in [1.82, 2.24) is 4.90 Å². The van der Waals surface area contributed by atoms with E-state index >= 15 is 0 Å². The molecule has 5 heteroatoms.